The smallest absolute Gasteiger partial charge is 0.417 e. The van der Waals surface area contributed by atoms with Gasteiger partial charge >= 0.3 is 12.2 Å². The van der Waals surface area contributed by atoms with E-state index < -0.39 is 58.2 Å². The van der Waals surface area contributed by atoms with Gasteiger partial charge in [-0.2, -0.15) is 18.4 Å². The lowest BCUT2D eigenvalue weighted by molar-refractivity contribution is -0.155. The first-order valence-corrected chi connectivity index (χ1v) is 24.0. The lowest BCUT2D eigenvalue weighted by atomic mass is 9.34. The first-order chi connectivity index (χ1) is 33.0. The number of carbonyl (C=O) groups is 5. The molecule has 2 bridgehead atoms. The third-order valence-corrected chi connectivity index (χ3v) is 14.0. The molecule has 5 fully saturated rings. The van der Waals surface area contributed by atoms with E-state index in [4.69, 9.17) is 23.9 Å². The molecule has 2 N–H and O–H groups in total. The van der Waals surface area contributed by atoms with Gasteiger partial charge in [0, 0.05) is 44.0 Å². The highest BCUT2D eigenvalue weighted by Crippen LogP contribution is 2.73. The Morgan fingerprint density at radius 2 is 1.60 bits per heavy atom. The number of ether oxygens (including phenoxy) is 3. The van der Waals surface area contributed by atoms with E-state index in [9.17, 15) is 37.1 Å². The van der Waals surface area contributed by atoms with Crippen molar-refractivity contribution in [2.45, 2.75) is 129 Å². The summed E-state index contributed by atoms with van der Waals surface area (Å²) in [5.41, 5.74) is -2.82. The maximum absolute atomic E-state index is 14.1. The molecule has 3 saturated carbocycles. The second kappa shape index (κ2) is 20.4. The monoisotopic (exact) mass is 975 g/mol. The van der Waals surface area contributed by atoms with E-state index in [0.29, 0.717) is 74.8 Å². The fraction of sp³-hybridized carbons (Fsp3) is 0.588. The Morgan fingerprint density at radius 3 is 2.24 bits per heavy atom. The van der Waals surface area contributed by atoms with Crippen LogP contribution in [0.1, 0.15) is 115 Å². The average Bonchev–Trinajstić information content (AvgIpc) is 3.93. The van der Waals surface area contributed by atoms with E-state index >= 15 is 0 Å². The van der Waals surface area contributed by atoms with Crippen molar-refractivity contribution < 1.29 is 55.8 Å². The van der Waals surface area contributed by atoms with Gasteiger partial charge in [-0.15, -0.1) is 0 Å². The van der Waals surface area contributed by atoms with Crippen LogP contribution in [0.15, 0.2) is 53.3 Å². The normalized spacial score (nSPS) is 23.1. The number of carbonyl (C=O) groups excluding carboxylic acids is 5. The molecule has 2 saturated heterocycles. The minimum absolute atomic E-state index is 0.0350. The summed E-state index contributed by atoms with van der Waals surface area (Å²) in [6, 6.07) is 8.43. The molecule has 3 atom stereocenters. The van der Waals surface area contributed by atoms with Crippen LogP contribution in [0.3, 0.4) is 0 Å². The maximum Gasteiger partial charge on any atom is 0.417 e. The lowest BCUT2D eigenvalue weighted by Crippen LogP contribution is -2.68. The molecule has 3 aliphatic carbocycles. The Balaban J connectivity index is 0.757. The number of nitriles is 1. The number of likely N-dealkylation sites (tertiary alicyclic amines) is 1. The average molecular weight is 976 g/mol. The third kappa shape index (κ3) is 10.8. The highest BCUT2D eigenvalue weighted by atomic mass is 19.4. The number of unbranched alkanes of at least 4 members (excludes halogenated alkanes) is 2. The van der Waals surface area contributed by atoms with Crippen LogP contribution in [0.4, 0.5) is 29.3 Å². The van der Waals surface area contributed by atoms with Crippen LogP contribution in [0.5, 0.6) is 5.75 Å². The van der Waals surface area contributed by atoms with Gasteiger partial charge in [0.1, 0.15) is 35.7 Å². The van der Waals surface area contributed by atoms with Gasteiger partial charge < -0.3 is 34.2 Å². The summed E-state index contributed by atoms with van der Waals surface area (Å²) >= 11 is 0. The Hall–Kier alpha value is -6.00. The predicted molar refractivity (Wildman–Crippen MR) is 251 cm³/mol. The van der Waals surface area contributed by atoms with Crippen molar-refractivity contribution in [3.8, 4) is 11.8 Å². The van der Waals surface area contributed by atoms with E-state index in [1.54, 1.807) is 29.2 Å². The number of rotatable bonds is 21. The molecule has 0 radical (unpaired) electrons. The van der Waals surface area contributed by atoms with Crippen molar-refractivity contribution in [3.05, 3.63) is 71.4 Å². The fourth-order valence-corrected chi connectivity index (χ4v) is 10.5. The van der Waals surface area contributed by atoms with Crippen LogP contribution < -0.4 is 25.2 Å². The number of nitrogens with one attached hydrogen (secondary N) is 2. The quantitative estimate of drug-likeness (QED) is 0.0788. The van der Waals surface area contributed by atoms with Crippen molar-refractivity contribution >= 4 is 41.0 Å². The summed E-state index contributed by atoms with van der Waals surface area (Å²) < 4.78 is 63.9. The number of alkyl halides is 3. The molecule has 2 unspecified atom stereocenters. The number of nitrogens with zero attached hydrogens (tertiary/aromatic N) is 5. The summed E-state index contributed by atoms with van der Waals surface area (Å²) in [5.74, 6) is 0.0519. The highest BCUT2D eigenvalue weighted by Gasteiger charge is 2.70. The number of hydrogen-bond acceptors (Lipinski definition) is 11. The minimum atomic E-state index is -4.86. The number of benzene rings is 2. The second-order valence-corrected chi connectivity index (χ2v) is 21.1. The molecule has 19 heteroatoms. The number of urea groups is 1. The van der Waals surface area contributed by atoms with Crippen LogP contribution in [0.2, 0.25) is 0 Å². The molecule has 16 nitrogen and oxygen atoms in total. The van der Waals surface area contributed by atoms with Gasteiger partial charge in [-0.25, -0.2) is 14.7 Å². The molecule has 0 spiro atoms. The summed E-state index contributed by atoms with van der Waals surface area (Å²) in [7, 11) is 0. The minimum Gasteiger partial charge on any atom is -0.494 e. The topological polar surface area (TPSA) is 197 Å². The highest BCUT2D eigenvalue weighted by molar-refractivity contribution is 6.30. The Kier molecular flexibility index (Phi) is 15.1. The van der Waals surface area contributed by atoms with Gasteiger partial charge in [-0.05, 0) is 131 Å². The van der Waals surface area contributed by atoms with Gasteiger partial charge in [0.25, 0.3) is 5.91 Å². The van der Waals surface area contributed by atoms with E-state index in [1.807, 2.05) is 34.6 Å². The molecular weight excluding hydrogens is 912 g/mol. The van der Waals surface area contributed by atoms with Gasteiger partial charge in [-0.3, -0.25) is 24.1 Å². The van der Waals surface area contributed by atoms with Gasteiger partial charge in [-0.1, -0.05) is 27.7 Å². The summed E-state index contributed by atoms with van der Waals surface area (Å²) in [6.07, 6.45) is 2.97. The van der Waals surface area contributed by atoms with Crippen LogP contribution in [0.25, 0.3) is 0 Å². The van der Waals surface area contributed by atoms with Crippen molar-refractivity contribution in [1.29, 1.82) is 5.26 Å². The van der Waals surface area contributed by atoms with E-state index in [0.717, 1.165) is 62.1 Å². The number of aryl methyl sites for hydroxylation is 1. The molecule has 1 aromatic heterocycles. The molecule has 3 heterocycles. The van der Waals surface area contributed by atoms with Crippen LogP contribution >= 0.6 is 0 Å². The molecular formula is C51H64F3N7O9. The number of amides is 6. The van der Waals surface area contributed by atoms with Crippen molar-refractivity contribution in [3.63, 3.8) is 0 Å². The molecule has 2 aromatic carbocycles. The van der Waals surface area contributed by atoms with Gasteiger partial charge in [0.05, 0.1) is 35.2 Å². The summed E-state index contributed by atoms with van der Waals surface area (Å²) in [5, 5.41) is 15.2. The number of hydrogen-bond donors (Lipinski definition) is 2. The summed E-state index contributed by atoms with van der Waals surface area (Å²) in [6.45, 7) is 15.1. The molecule has 5 aliphatic rings. The summed E-state index contributed by atoms with van der Waals surface area (Å²) in [4.78, 5) is 75.4. The zero-order chi connectivity index (χ0) is 50.8. The lowest BCUT2D eigenvalue weighted by Gasteiger charge is -2.69. The van der Waals surface area contributed by atoms with E-state index in [-0.39, 0.29) is 40.9 Å². The molecule has 378 valence electrons. The van der Waals surface area contributed by atoms with Gasteiger partial charge in [0.15, 0.2) is 6.39 Å². The van der Waals surface area contributed by atoms with Gasteiger partial charge in [0.2, 0.25) is 17.7 Å². The number of anilines is 2. The fourth-order valence-electron chi connectivity index (χ4n) is 10.5. The standard InChI is InChI=1S/C51H64F3N7O9/c1-32-22-39(43(63)56-30-49-27-50(28-49,29-49)42-33(2)57-31-70-42)59(25-32)44(64)41(47(3,4)5)58-40(62)26-68-20-11-19-67-18-9-8-10-21-69-37-16-14-35(15-17-37)61-46(66)60(45(65)48(61,6)7)36-13-12-34(24-55)38(23-36)51(52,53)54/h12-17,23,31-32,39,41H,8-11,18-22,25-30H2,1-7H3,(H,56,63)(H,58,62)/t32-,39?,41?,49?,50?/m1/s1. The molecule has 70 heavy (non-hydrogen) atoms. The Morgan fingerprint density at radius 1 is 0.943 bits per heavy atom. The van der Waals surface area contributed by atoms with Crippen LogP contribution in [-0.2, 0) is 40.2 Å². The number of halogens is 3. The van der Waals surface area contributed by atoms with Crippen molar-refractivity contribution in [1.82, 2.24) is 20.5 Å². The zero-order valence-electron chi connectivity index (χ0n) is 41.0. The molecule has 8 rings (SSSR count). The van der Waals surface area contributed by atoms with Crippen molar-refractivity contribution in [2.75, 3.05) is 55.9 Å². The molecule has 6 amide bonds. The Bertz CT molecular complexity index is 2460. The van der Waals surface area contributed by atoms with Crippen molar-refractivity contribution in [2.24, 2.45) is 16.7 Å². The SMILES string of the molecule is Cc1ncoc1C12CC(CNC(=O)C3C[C@@H](C)CN3C(=O)C(NC(=O)COCCCOCCCCCOc3ccc(N4C(=O)N(c5ccc(C#N)c(C(F)(F)F)c5)C(=O)C4(C)C)cc3)C(C)(C)C)(C1)C2. The predicted octanol–water partition coefficient (Wildman–Crippen LogP) is 7.60. The van der Waals surface area contributed by atoms with E-state index in [1.165, 1.54) is 31.2 Å². The largest absolute Gasteiger partial charge is 0.494 e. The number of imide groups is 1. The van der Waals surface area contributed by atoms with Crippen LogP contribution in [0, 0.1) is 35.0 Å². The Labute approximate surface area is 406 Å². The molecule has 3 aromatic rings. The van der Waals surface area contributed by atoms with E-state index in [2.05, 4.69) is 15.6 Å². The number of aromatic nitrogens is 1. The first kappa shape index (κ1) is 51.8. The maximum atomic E-state index is 14.1. The first-order valence-electron chi connectivity index (χ1n) is 24.0. The third-order valence-electron chi connectivity index (χ3n) is 14.0. The molecule has 2 aliphatic heterocycles. The van der Waals surface area contributed by atoms with Crippen LogP contribution in [-0.4, -0.2) is 103 Å². The number of oxazole rings is 1. The zero-order valence-corrected chi connectivity index (χ0v) is 41.0. The second-order valence-electron chi connectivity index (χ2n) is 21.1.